The Kier molecular flexibility index (Phi) is 27.3. The van der Waals surface area contributed by atoms with Gasteiger partial charge in [-0.1, -0.05) is 179 Å². The molecule has 8 heteroatoms. The Bertz CT molecular complexity index is 1290. The summed E-state index contributed by atoms with van der Waals surface area (Å²) in [6, 6.07) is 12.8. The van der Waals surface area contributed by atoms with E-state index in [0.717, 1.165) is 38.5 Å². The van der Waals surface area contributed by atoms with E-state index in [1.54, 1.807) is 48.5 Å². The lowest BCUT2D eigenvalue weighted by Crippen LogP contribution is -2.34. The van der Waals surface area contributed by atoms with Crippen molar-refractivity contribution in [3.8, 4) is 0 Å². The van der Waals surface area contributed by atoms with E-state index in [1.807, 2.05) is 0 Å². The highest BCUT2D eigenvalue weighted by Gasteiger charge is 2.38. The van der Waals surface area contributed by atoms with E-state index >= 15 is 0 Å². The minimum Gasteiger partial charge on any atom is -0.511 e. The average molecular weight is 793 g/mol. The van der Waals surface area contributed by atoms with Crippen LogP contribution in [0.25, 0.3) is 12.2 Å². The maximum absolute atomic E-state index is 12.6. The van der Waals surface area contributed by atoms with Gasteiger partial charge >= 0.3 is 11.9 Å². The summed E-state index contributed by atoms with van der Waals surface area (Å²) in [4.78, 5) is 25.1. The molecule has 0 aromatic heterocycles. The monoisotopic (exact) mass is 793 g/mol. The van der Waals surface area contributed by atoms with Gasteiger partial charge in [0.05, 0.1) is 37.6 Å². The van der Waals surface area contributed by atoms with Crippen LogP contribution in [0, 0.1) is 5.41 Å². The fourth-order valence-electron chi connectivity index (χ4n) is 6.91. The second-order valence-electron chi connectivity index (χ2n) is 15.8. The third-order valence-corrected chi connectivity index (χ3v) is 10.9. The van der Waals surface area contributed by atoms with Crippen LogP contribution < -0.4 is 0 Å². The summed E-state index contributed by atoms with van der Waals surface area (Å²) < 4.78 is 10.9. The molecular weight excluding hydrogens is 717 g/mol. The van der Waals surface area contributed by atoms with E-state index in [0.29, 0.717) is 35.5 Å². The number of hydrogen-bond donors (Lipinski definition) is 4. The summed E-state index contributed by atoms with van der Waals surface area (Å²) in [6.07, 6.45) is 32.3. The van der Waals surface area contributed by atoms with Gasteiger partial charge in [-0.2, -0.15) is 0 Å². The zero-order valence-electron chi connectivity index (χ0n) is 35.5. The Morgan fingerprint density at radius 1 is 0.456 bits per heavy atom. The molecule has 2 rings (SSSR count). The molecule has 0 bridgehead atoms. The molecule has 0 radical (unpaired) electrons. The van der Waals surface area contributed by atoms with E-state index in [-0.39, 0.29) is 0 Å². The SMILES string of the molecule is CCCCCCCCCCCCCCOC(=O)c1ccc(C=C(O)C(CO)(CO)C(O)=Cc2ccc(C(=O)OCCCCCCCCCCCCCC)cc2)cc1. The van der Waals surface area contributed by atoms with Gasteiger partial charge in [-0.3, -0.25) is 0 Å². The van der Waals surface area contributed by atoms with Crippen LogP contribution in [0.5, 0.6) is 0 Å². The van der Waals surface area contributed by atoms with Crippen molar-refractivity contribution in [3.63, 3.8) is 0 Å². The highest BCUT2D eigenvalue weighted by Crippen LogP contribution is 2.34. The van der Waals surface area contributed by atoms with E-state index in [2.05, 4.69) is 13.8 Å². The van der Waals surface area contributed by atoms with Crippen molar-refractivity contribution in [1.29, 1.82) is 0 Å². The van der Waals surface area contributed by atoms with Crippen LogP contribution >= 0.6 is 0 Å². The number of carbonyl (C=O) groups is 2. The number of esters is 2. The molecule has 0 fully saturated rings. The maximum Gasteiger partial charge on any atom is 0.338 e. The van der Waals surface area contributed by atoms with Gasteiger partial charge in [0.15, 0.2) is 0 Å². The first-order valence-corrected chi connectivity index (χ1v) is 22.4. The predicted octanol–water partition coefficient (Wildman–Crippen LogP) is 12.9. The number of aliphatic hydroxyl groups excluding tert-OH is 4. The third kappa shape index (κ3) is 20.6. The second-order valence-corrected chi connectivity index (χ2v) is 15.8. The van der Waals surface area contributed by atoms with Gasteiger partial charge < -0.3 is 29.9 Å². The molecule has 0 heterocycles. The van der Waals surface area contributed by atoms with Gasteiger partial charge in [0.25, 0.3) is 0 Å². The van der Waals surface area contributed by atoms with Crippen molar-refractivity contribution in [2.75, 3.05) is 26.4 Å². The predicted molar refractivity (Wildman–Crippen MR) is 233 cm³/mol. The van der Waals surface area contributed by atoms with Gasteiger partial charge in [-0.05, 0) is 60.4 Å². The lowest BCUT2D eigenvalue weighted by Gasteiger charge is -2.28. The van der Waals surface area contributed by atoms with Crippen LogP contribution in [0.4, 0.5) is 0 Å². The highest BCUT2D eigenvalue weighted by atomic mass is 16.5. The number of benzene rings is 2. The Hall–Kier alpha value is -3.62. The first-order chi connectivity index (χ1) is 27.8. The normalized spacial score (nSPS) is 12.2. The summed E-state index contributed by atoms with van der Waals surface area (Å²) >= 11 is 0. The lowest BCUT2D eigenvalue weighted by atomic mass is 9.83. The first-order valence-electron chi connectivity index (χ1n) is 22.4. The minimum absolute atomic E-state index is 0.367. The molecule has 4 N–H and O–H groups in total. The fourth-order valence-corrected chi connectivity index (χ4v) is 6.91. The summed E-state index contributed by atoms with van der Waals surface area (Å²) in [5.74, 6) is -1.75. The smallest absolute Gasteiger partial charge is 0.338 e. The third-order valence-electron chi connectivity index (χ3n) is 10.9. The van der Waals surface area contributed by atoms with Gasteiger partial charge in [0.2, 0.25) is 0 Å². The van der Waals surface area contributed by atoms with Gasteiger partial charge in [-0.25, -0.2) is 9.59 Å². The molecule has 57 heavy (non-hydrogen) atoms. The standard InChI is InChI=1S/C49H76O8/c1-3-5-7-9-11-13-15-17-19-21-23-25-35-56-47(54)43-31-27-41(28-32-43)37-45(52)49(39-50,40-51)46(53)38-42-29-33-44(34-30-42)48(55)57-36-26-24-22-20-18-16-14-12-10-8-6-4-2/h27-34,37-38,50-53H,3-26,35-36,39-40H2,1-2H3. The molecule has 2 aromatic carbocycles. The number of aliphatic hydroxyl groups is 4. The van der Waals surface area contributed by atoms with Crippen LogP contribution in [-0.2, 0) is 9.47 Å². The molecule has 0 aliphatic heterocycles. The van der Waals surface area contributed by atoms with Crippen LogP contribution in [0.2, 0.25) is 0 Å². The van der Waals surface area contributed by atoms with Crippen molar-refractivity contribution >= 4 is 24.1 Å². The zero-order chi connectivity index (χ0) is 41.4. The van der Waals surface area contributed by atoms with Gasteiger partial charge in [0, 0.05) is 0 Å². The maximum atomic E-state index is 12.6. The van der Waals surface area contributed by atoms with Crippen molar-refractivity contribution in [2.24, 2.45) is 5.41 Å². The summed E-state index contributed by atoms with van der Waals surface area (Å²) in [5.41, 5.74) is -0.135. The summed E-state index contributed by atoms with van der Waals surface area (Å²) in [5, 5.41) is 42.6. The van der Waals surface area contributed by atoms with Crippen molar-refractivity contribution in [2.45, 2.75) is 168 Å². The Labute approximate surface area is 344 Å². The second kappa shape index (κ2) is 31.4. The Morgan fingerprint density at radius 2 is 0.719 bits per heavy atom. The van der Waals surface area contributed by atoms with Crippen LogP contribution in [-0.4, -0.2) is 58.8 Å². The van der Waals surface area contributed by atoms with E-state index in [4.69, 9.17) is 9.47 Å². The summed E-state index contributed by atoms with van der Waals surface area (Å²) in [7, 11) is 0. The lowest BCUT2D eigenvalue weighted by molar-refractivity contribution is 0.0483. The van der Waals surface area contributed by atoms with Gasteiger partial charge in [0.1, 0.15) is 16.9 Å². The highest BCUT2D eigenvalue weighted by molar-refractivity contribution is 5.90. The van der Waals surface area contributed by atoms with Crippen molar-refractivity contribution < 1.29 is 39.5 Å². The van der Waals surface area contributed by atoms with Crippen LogP contribution in [0.15, 0.2) is 60.0 Å². The molecule has 0 unspecified atom stereocenters. The van der Waals surface area contributed by atoms with E-state index in [1.165, 1.54) is 128 Å². The summed E-state index contributed by atoms with van der Waals surface area (Å²) in [6.45, 7) is 3.67. The largest absolute Gasteiger partial charge is 0.511 e. The molecule has 320 valence electrons. The minimum atomic E-state index is -1.88. The van der Waals surface area contributed by atoms with E-state index in [9.17, 15) is 30.0 Å². The topological polar surface area (TPSA) is 134 Å². The molecule has 0 aliphatic carbocycles. The molecule has 8 nitrogen and oxygen atoms in total. The number of hydrogen-bond acceptors (Lipinski definition) is 8. The molecule has 0 amide bonds. The molecule has 0 saturated heterocycles. The molecule has 0 saturated carbocycles. The van der Waals surface area contributed by atoms with Crippen LogP contribution in [0.3, 0.4) is 0 Å². The first kappa shape index (κ1) is 49.5. The van der Waals surface area contributed by atoms with Crippen LogP contribution in [0.1, 0.15) is 200 Å². The number of rotatable bonds is 34. The molecule has 0 aliphatic rings. The molecule has 0 spiro atoms. The Morgan fingerprint density at radius 3 is 0.982 bits per heavy atom. The average Bonchev–Trinajstić information content (AvgIpc) is 3.22. The Balaban J connectivity index is 1.77. The number of carbonyl (C=O) groups excluding carboxylic acids is 2. The molecular formula is C49H76O8. The fraction of sp³-hybridized carbons (Fsp3) is 0.633. The van der Waals surface area contributed by atoms with E-state index < -0.39 is 42.1 Å². The molecule has 0 atom stereocenters. The number of unbranched alkanes of at least 4 members (excludes halogenated alkanes) is 22. The van der Waals surface area contributed by atoms with Crippen molar-refractivity contribution in [1.82, 2.24) is 0 Å². The van der Waals surface area contributed by atoms with Crippen molar-refractivity contribution in [3.05, 3.63) is 82.3 Å². The van der Waals surface area contributed by atoms with Gasteiger partial charge in [-0.15, -0.1) is 0 Å². The quantitative estimate of drug-likeness (QED) is 0.0313. The zero-order valence-corrected chi connectivity index (χ0v) is 35.5. The molecule has 2 aromatic rings. The number of ether oxygens (including phenoxy) is 2.